The Balaban J connectivity index is 1.68. The number of anilines is 1. The lowest BCUT2D eigenvalue weighted by Crippen LogP contribution is -2.41. The van der Waals surface area contributed by atoms with Gasteiger partial charge in [0.25, 0.3) is 0 Å². The highest BCUT2D eigenvalue weighted by atomic mass is 35.5. The minimum Gasteiger partial charge on any atom is -0.489 e. The zero-order valence-electron chi connectivity index (χ0n) is 15.3. The lowest BCUT2D eigenvalue weighted by molar-refractivity contribution is -0.119. The van der Waals surface area contributed by atoms with Crippen LogP contribution in [0.15, 0.2) is 36.4 Å². The second-order valence-electron chi connectivity index (χ2n) is 7.18. The van der Waals surface area contributed by atoms with Gasteiger partial charge in [0, 0.05) is 24.7 Å². The third-order valence-electron chi connectivity index (χ3n) is 5.29. The van der Waals surface area contributed by atoms with Gasteiger partial charge in [-0.15, -0.1) is 0 Å². The minimum atomic E-state index is -0.271. The molecule has 5 nitrogen and oxygen atoms in total. The molecule has 2 aromatic rings. The molecule has 0 saturated carbocycles. The Morgan fingerprint density at radius 2 is 2.04 bits per heavy atom. The molecule has 0 spiro atoms. The Kier molecular flexibility index (Phi) is 4.87. The van der Waals surface area contributed by atoms with Gasteiger partial charge < -0.3 is 20.1 Å². The van der Waals surface area contributed by atoms with Gasteiger partial charge in [0.2, 0.25) is 5.91 Å². The highest BCUT2D eigenvalue weighted by Gasteiger charge is 2.33. The van der Waals surface area contributed by atoms with Gasteiger partial charge in [-0.3, -0.25) is 4.79 Å². The van der Waals surface area contributed by atoms with E-state index < -0.39 is 0 Å². The molecule has 2 N–H and O–H groups in total. The van der Waals surface area contributed by atoms with E-state index in [0.29, 0.717) is 42.7 Å². The summed E-state index contributed by atoms with van der Waals surface area (Å²) >= 11 is 6.45. The van der Waals surface area contributed by atoms with E-state index in [1.807, 2.05) is 36.4 Å². The van der Waals surface area contributed by atoms with Crippen molar-refractivity contribution in [2.75, 3.05) is 18.1 Å². The zero-order valence-corrected chi connectivity index (χ0v) is 16.0. The molecule has 0 aliphatic carbocycles. The van der Waals surface area contributed by atoms with Gasteiger partial charge in [-0.1, -0.05) is 29.8 Å². The van der Waals surface area contributed by atoms with Crippen LogP contribution < -0.4 is 20.1 Å². The van der Waals surface area contributed by atoms with Crippen molar-refractivity contribution in [3.05, 3.63) is 52.5 Å². The monoisotopic (exact) mass is 386 g/mol. The molecular formula is C21H23ClN2O3. The van der Waals surface area contributed by atoms with Crippen molar-refractivity contribution >= 4 is 23.2 Å². The van der Waals surface area contributed by atoms with Gasteiger partial charge in [-0.25, -0.2) is 0 Å². The number of carbonyl (C=O) groups excluding carboxylic acids is 1. The third-order valence-corrected chi connectivity index (χ3v) is 5.57. The molecule has 0 saturated heterocycles. The highest BCUT2D eigenvalue weighted by molar-refractivity contribution is 6.32. The molecule has 2 aliphatic heterocycles. The minimum absolute atomic E-state index is 0.173. The number of ether oxygens (including phenoxy) is 2. The molecule has 1 amide bonds. The summed E-state index contributed by atoms with van der Waals surface area (Å²) in [6.45, 7) is 4.02. The summed E-state index contributed by atoms with van der Waals surface area (Å²) in [5.41, 5.74) is 8.73. The highest BCUT2D eigenvalue weighted by Crippen LogP contribution is 2.41. The van der Waals surface area contributed by atoms with Crippen LogP contribution in [0.2, 0.25) is 5.02 Å². The molecule has 0 fully saturated rings. The number of carbonyl (C=O) groups is 1. The Morgan fingerprint density at radius 3 is 2.85 bits per heavy atom. The Bertz CT molecular complexity index is 871. The number of amides is 1. The third kappa shape index (κ3) is 3.44. The number of rotatable bonds is 3. The predicted molar refractivity (Wildman–Crippen MR) is 106 cm³/mol. The first-order chi connectivity index (χ1) is 13.0. The maximum Gasteiger partial charge on any atom is 0.225 e. The summed E-state index contributed by atoms with van der Waals surface area (Å²) in [4.78, 5) is 14.2. The predicted octanol–water partition coefficient (Wildman–Crippen LogP) is 3.87. The molecule has 0 radical (unpaired) electrons. The van der Waals surface area contributed by atoms with Crippen LogP contribution in [0.25, 0.3) is 0 Å². The van der Waals surface area contributed by atoms with Crippen molar-refractivity contribution in [3.8, 4) is 11.5 Å². The fraction of sp³-hybridized carbons (Fsp3) is 0.381. The van der Waals surface area contributed by atoms with Crippen molar-refractivity contribution < 1.29 is 14.3 Å². The van der Waals surface area contributed by atoms with Crippen molar-refractivity contribution in [2.24, 2.45) is 5.73 Å². The van der Waals surface area contributed by atoms with E-state index in [4.69, 9.17) is 26.8 Å². The largest absolute Gasteiger partial charge is 0.489 e. The number of halogens is 1. The van der Waals surface area contributed by atoms with E-state index in [9.17, 15) is 4.79 Å². The Labute approximate surface area is 164 Å². The summed E-state index contributed by atoms with van der Waals surface area (Å²) in [6, 6.07) is 12.1. The summed E-state index contributed by atoms with van der Waals surface area (Å²) < 4.78 is 11.5. The van der Waals surface area contributed by atoms with Crippen LogP contribution in [0.4, 0.5) is 5.69 Å². The van der Waals surface area contributed by atoms with E-state index in [0.717, 1.165) is 23.2 Å². The Hall–Kier alpha value is -2.40. The zero-order chi connectivity index (χ0) is 19.0. The number of hydrogen-bond acceptors (Lipinski definition) is 4. The fourth-order valence-corrected chi connectivity index (χ4v) is 4.25. The van der Waals surface area contributed by atoms with Crippen LogP contribution in [0.1, 0.15) is 36.8 Å². The quantitative estimate of drug-likeness (QED) is 0.869. The van der Waals surface area contributed by atoms with Gasteiger partial charge in [0.15, 0.2) is 11.5 Å². The molecule has 2 aliphatic rings. The van der Waals surface area contributed by atoms with Gasteiger partial charge in [0.1, 0.15) is 0 Å². The summed E-state index contributed by atoms with van der Waals surface area (Å²) in [5.74, 6) is 0.800. The van der Waals surface area contributed by atoms with Gasteiger partial charge in [-0.05, 0) is 42.7 Å². The van der Waals surface area contributed by atoms with E-state index in [1.165, 1.54) is 0 Å². The van der Waals surface area contributed by atoms with E-state index in [2.05, 4.69) is 11.8 Å². The average Bonchev–Trinajstić information content (AvgIpc) is 2.89. The number of nitrogens with two attached hydrogens (primary N) is 1. The van der Waals surface area contributed by atoms with Crippen LogP contribution >= 0.6 is 11.6 Å². The van der Waals surface area contributed by atoms with Crippen molar-refractivity contribution in [2.45, 2.75) is 38.3 Å². The first-order valence-corrected chi connectivity index (χ1v) is 9.65. The van der Waals surface area contributed by atoms with Crippen LogP contribution in [-0.4, -0.2) is 25.2 Å². The lowest BCUT2D eigenvalue weighted by atomic mass is 9.85. The molecule has 0 aromatic heterocycles. The SMILES string of the molecule is CC1CC(C(N)=O)c2ccccc2N1Cc1cc(Cl)c2c(c1)OCCCO2. The summed E-state index contributed by atoms with van der Waals surface area (Å²) in [7, 11) is 0. The number of para-hydroxylation sites is 1. The van der Waals surface area contributed by atoms with E-state index in [-0.39, 0.29) is 17.9 Å². The molecule has 4 rings (SSSR count). The number of fused-ring (bicyclic) bond motifs is 2. The molecule has 2 unspecified atom stereocenters. The number of hydrogen-bond donors (Lipinski definition) is 1. The second-order valence-corrected chi connectivity index (χ2v) is 7.59. The number of primary amides is 1. The van der Waals surface area contributed by atoms with Gasteiger partial charge in [0.05, 0.1) is 24.2 Å². The van der Waals surface area contributed by atoms with Crippen LogP contribution in [0.5, 0.6) is 11.5 Å². The number of nitrogens with zero attached hydrogens (tertiary/aromatic N) is 1. The average molecular weight is 387 g/mol. The first kappa shape index (κ1) is 18.0. The van der Waals surface area contributed by atoms with Crippen molar-refractivity contribution in [1.82, 2.24) is 0 Å². The topological polar surface area (TPSA) is 64.8 Å². The van der Waals surface area contributed by atoms with E-state index in [1.54, 1.807) is 0 Å². The second kappa shape index (κ2) is 7.31. The van der Waals surface area contributed by atoms with Crippen molar-refractivity contribution in [1.29, 1.82) is 0 Å². The molecular weight excluding hydrogens is 364 g/mol. The maximum atomic E-state index is 11.9. The molecule has 2 atom stereocenters. The summed E-state index contributed by atoms with van der Waals surface area (Å²) in [5, 5.41) is 0.567. The van der Waals surface area contributed by atoms with E-state index >= 15 is 0 Å². The van der Waals surface area contributed by atoms with Crippen molar-refractivity contribution in [3.63, 3.8) is 0 Å². The van der Waals surface area contributed by atoms with Gasteiger partial charge in [-0.2, -0.15) is 0 Å². The van der Waals surface area contributed by atoms with Crippen LogP contribution in [0, 0.1) is 0 Å². The van der Waals surface area contributed by atoms with Crippen LogP contribution in [0.3, 0.4) is 0 Å². The molecule has 142 valence electrons. The smallest absolute Gasteiger partial charge is 0.225 e. The Morgan fingerprint density at radius 1 is 1.26 bits per heavy atom. The lowest BCUT2D eigenvalue weighted by Gasteiger charge is -2.40. The van der Waals surface area contributed by atoms with Gasteiger partial charge >= 0.3 is 0 Å². The standard InChI is InChI=1S/C21H23ClN2O3/c1-13-9-16(21(23)25)15-5-2-3-6-18(15)24(13)12-14-10-17(22)20-19(11-14)26-7-4-8-27-20/h2-3,5-6,10-11,13,16H,4,7-9,12H2,1H3,(H2,23,25). The first-order valence-electron chi connectivity index (χ1n) is 9.27. The molecule has 6 heteroatoms. The fourth-order valence-electron chi connectivity index (χ4n) is 3.96. The molecule has 0 bridgehead atoms. The summed E-state index contributed by atoms with van der Waals surface area (Å²) in [6.07, 6.45) is 1.54. The molecule has 27 heavy (non-hydrogen) atoms. The number of benzene rings is 2. The normalized spacial score (nSPS) is 21.3. The van der Waals surface area contributed by atoms with Crippen LogP contribution in [-0.2, 0) is 11.3 Å². The molecule has 2 aromatic carbocycles. The maximum absolute atomic E-state index is 11.9. The molecule has 2 heterocycles.